The monoisotopic (exact) mass is 368 g/mol. The van der Waals surface area contributed by atoms with Crippen LogP contribution in [0.25, 0.3) is 0 Å². The Bertz CT molecular complexity index is 249. The van der Waals surface area contributed by atoms with Crippen LogP contribution in [0.2, 0.25) is 0 Å². The number of carboxylic acids is 3. The number of hydrogen-bond acceptors (Lipinski definition) is 4. The number of carboxylic acid groups (broad SMARTS) is 3. The second-order valence-electron chi connectivity index (χ2n) is 2.48. The van der Waals surface area contributed by atoms with Crippen LogP contribution in [0.1, 0.15) is 12.8 Å². The van der Waals surface area contributed by atoms with Crippen molar-refractivity contribution in [1.82, 2.24) is 0 Å². The summed E-state index contributed by atoms with van der Waals surface area (Å²) in [5.74, 6) is -5.02. The maximum absolute atomic E-state index is 10.3. The van der Waals surface area contributed by atoms with Gasteiger partial charge in [0.1, 0.15) is 0 Å². The third kappa shape index (κ3) is 14.0. The number of aliphatic carboxylic acids is 3. The van der Waals surface area contributed by atoms with E-state index in [4.69, 9.17) is 20.4 Å². The van der Waals surface area contributed by atoms with Gasteiger partial charge in [0, 0.05) is 0 Å². The van der Waals surface area contributed by atoms with Gasteiger partial charge in [-0.25, -0.2) is 4.79 Å². The molecule has 0 saturated heterocycles. The Labute approximate surface area is 178 Å². The molecule has 0 amide bonds. The van der Waals surface area contributed by atoms with Crippen molar-refractivity contribution < 1.29 is 145 Å². The van der Waals surface area contributed by atoms with Gasteiger partial charge in [0.25, 0.3) is 0 Å². The Hall–Kier alpha value is 1.78. The van der Waals surface area contributed by atoms with Crippen molar-refractivity contribution in [3.05, 3.63) is 0 Å². The Kier molecular flexibility index (Phi) is 26.1. The zero-order valence-electron chi connectivity index (χ0n) is 9.18. The van der Waals surface area contributed by atoms with E-state index in [1.807, 2.05) is 0 Å². The third-order valence-corrected chi connectivity index (χ3v) is 1.29. The summed E-state index contributed by atoms with van der Waals surface area (Å²) in [4.78, 5) is 30.5. The summed E-state index contributed by atoms with van der Waals surface area (Å²) in [5.41, 5.74) is -2.74. The van der Waals surface area contributed by atoms with E-state index in [-0.39, 0.29) is 110 Å². The molecule has 0 fully saturated rings. The summed E-state index contributed by atoms with van der Waals surface area (Å²) in [6.45, 7) is 0. The summed E-state index contributed by atoms with van der Waals surface area (Å²) in [5, 5.41) is 33.8. The molecule has 0 aliphatic heterocycles. The molecule has 90 valence electrons. The molecule has 7 nitrogen and oxygen atoms in total. The number of halogens is 2. The van der Waals surface area contributed by atoms with Gasteiger partial charge in [-0.3, -0.25) is 9.59 Å². The van der Waals surface area contributed by atoms with E-state index in [0.717, 1.165) is 0 Å². The van der Waals surface area contributed by atoms with Crippen molar-refractivity contribution in [2.45, 2.75) is 18.4 Å². The van der Waals surface area contributed by atoms with Gasteiger partial charge in [0.05, 0.1) is 12.8 Å². The van der Waals surface area contributed by atoms with Crippen molar-refractivity contribution in [3.8, 4) is 0 Å². The van der Waals surface area contributed by atoms with Crippen LogP contribution in [0.4, 0.5) is 0 Å². The fourth-order valence-corrected chi connectivity index (χ4v) is 0.714. The second kappa shape index (κ2) is 14.2. The van der Waals surface area contributed by atoms with Gasteiger partial charge >= 0.3 is 98.8 Å². The number of rotatable bonds is 5. The summed E-state index contributed by atoms with van der Waals surface area (Å²) >= 11 is 0. The van der Waals surface area contributed by atoms with Gasteiger partial charge < -0.3 is 49.8 Å². The summed E-state index contributed by atoms with van der Waals surface area (Å²) in [6, 6.07) is 0. The van der Waals surface area contributed by atoms with Gasteiger partial charge in [-0.15, -0.1) is 0 Å². The van der Waals surface area contributed by atoms with Crippen molar-refractivity contribution in [2.24, 2.45) is 0 Å². The van der Waals surface area contributed by atoms with Crippen LogP contribution in [-0.2, 0) is 14.4 Å². The first kappa shape index (κ1) is 31.3. The van der Waals surface area contributed by atoms with E-state index in [1.54, 1.807) is 0 Å². The minimum atomic E-state index is -2.74. The molecule has 0 spiro atoms. The molecule has 0 rings (SSSR count). The molecule has 0 saturated carbocycles. The first-order valence-corrected chi connectivity index (χ1v) is 3.17. The van der Waals surface area contributed by atoms with E-state index in [1.165, 1.54) is 0 Å². The molecule has 11 heteroatoms. The average Bonchev–Trinajstić information content (AvgIpc) is 1.82. The third-order valence-electron chi connectivity index (χ3n) is 1.29. The largest absolute Gasteiger partial charge is 1.00 e. The minimum Gasteiger partial charge on any atom is -1.00 e. The maximum atomic E-state index is 10.3. The standard InChI is InChI=1S/C6H8O7.BrH.ClH.K.Na/c7-3(8)1-6(13,5(11)12)2-4(9)10;;;;/h13H,1-2H2,(H,7,8)(H,9,10)(H,11,12);2*1H;;/q;;;2*+1/p-2. The first-order valence-electron chi connectivity index (χ1n) is 3.17. The van der Waals surface area contributed by atoms with Crippen molar-refractivity contribution in [2.75, 3.05) is 0 Å². The minimum absolute atomic E-state index is 0. The maximum Gasteiger partial charge on any atom is 1.00 e. The Morgan fingerprint density at radius 1 is 0.941 bits per heavy atom. The quantitative estimate of drug-likeness (QED) is 0.354. The number of aliphatic hydroxyl groups is 1. The van der Waals surface area contributed by atoms with Crippen LogP contribution in [0.15, 0.2) is 0 Å². The number of carbonyl (C=O) groups is 3. The van der Waals surface area contributed by atoms with Crippen LogP contribution in [0.3, 0.4) is 0 Å². The van der Waals surface area contributed by atoms with Crippen LogP contribution < -0.4 is 110 Å². The zero-order chi connectivity index (χ0) is 10.6. The van der Waals surface area contributed by atoms with E-state index in [2.05, 4.69) is 0 Å². The van der Waals surface area contributed by atoms with Gasteiger partial charge in [-0.2, -0.15) is 0 Å². The molecule has 0 heterocycles. The molecule has 17 heavy (non-hydrogen) atoms. The van der Waals surface area contributed by atoms with Crippen LogP contribution >= 0.6 is 0 Å². The van der Waals surface area contributed by atoms with Gasteiger partial charge in [-0.1, -0.05) is 0 Å². The van der Waals surface area contributed by atoms with Crippen LogP contribution in [-0.4, -0.2) is 43.9 Å². The molecule has 0 aromatic rings. The molecule has 0 aromatic heterocycles. The van der Waals surface area contributed by atoms with Crippen LogP contribution in [0.5, 0.6) is 0 Å². The van der Waals surface area contributed by atoms with Gasteiger partial charge in [-0.05, 0) is 0 Å². The molecular weight excluding hydrogens is 362 g/mol. The summed E-state index contributed by atoms with van der Waals surface area (Å²) in [7, 11) is 0. The Morgan fingerprint density at radius 2 is 1.18 bits per heavy atom. The molecular formula is C6H8BrClKNaO7. The fraction of sp³-hybridized carbons (Fsp3) is 0.500. The predicted molar refractivity (Wildman–Crippen MR) is 37.1 cm³/mol. The zero-order valence-corrected chi connectivity index (χ0v) is 16.6. The topological polar surface area (TPSA) is 132 Å². The predicted octanol–water partition coefficient (Wildman–Crippen LogP) is -13.2. The van der Waals surface area contributed by atoms with E-state index in [9.17, 15) is 14.4 Å². The molecule has 4 N–H and O–H groups in total. The smallest absolute Gasteiger partial charge is 1.00 e. The van der Waals surface area contributed by atoms with E-state index < -0.39 is 36.4 Å². The molecule has 0 atom stereocenters. The average molecular weight is 370 g/mol. The second-order valence-corrected chi connectivity index (χ2v) is 2.48. The summed E-state index contributed by atoms with van der Waals surface area (Å²) < 4.78 is 0. The van der Waals surface area contributed by atoms with Crippen molar-refractivity contribution >= 4 is 17.9 Å². The fourth-order valence-electron chi connectivity index (χ4n) is 0.714. The molecule has 0 unspecified atom stereocenters. The number of hydrogen-bond donors (Lipinski definition) is 4. The Morgan fingerprint density at radius 3 is 1.29 bits per heavy atom. The first-order chi connectivity index (χ1) is 5.78. The van der Waals surface area contributed by atoms with E-state index in [0.29, 0.717) is 0 Å². The molecule has 0 radical (unpaired) electrons. The molecule has 0 aromatic carbocycles. The molecule has 0 aliphatic carbocycles. The SMILES string of the molecule is O=C(O)CC(O)(CC(=O)O)C(=O)O.[Br-].[Cl-].[K+].[Na+]. The molecule has 0 bridgehead atoms. The van der Waals surface area contributed by atoms with Gasteiger partial charge in [0.15, 0.2) is 5.60 Å². The van der Waals surface area contributed by atoms with Crippen LogP contribution in [0, 0.1) is 0 Å². The summed E-state index contributed by atoms with van der Waals surface area (Å²) in [6.07, 6.45) is -2.29. The molecule has 0 aliphatic rings. The Balaban J connectivity index is -0.000000120. The van der Waals surface area contributed by atoms with Crippen molar-refractivity contribution in [1.29, 1.82) is 0 Å². The van der Waals surface area contributed by atoms with E-state index >= 15 is 0 Å². The normalized spacial score (nSPS) is 8.29. The van der Waals surface area contributed by atoms with Gasteiger partial charge in [0.2, 0.25) is 0 Å². The van der Waals surface area contributed by atoms with Crippen molar-refractivity contribution in [3.63, 3.8) is 0 Å².